The van der Waals surface area contributed by atoms with E-state index in [9.17, 15) is 26.4 Å². The number of aromatic nitrogens is 4. The first-order chi connectivity index (χ1) is 14.4. The highest BCUT2D eigenvalue weighted by atomic mass is 35.5. The van der Waals surface area contributed by atoms with Gasteiger partial charge >= 0.3 is 12.1 Å². The molecule has 0 aliphatic rings. The van der Waals surface area contributed by atoms with Crippen molar-refractivity contribution in [1.29, 1.82) is 0 Å². The predicted octanol–water partition coefficient (Wildman–Crippen LogP) is 3.71. The second-order valence-electron chi connectivity index (χ2n) is 6.19. The van der Waals surface area contributed by atoms with Gasteiger partial charge in [0.05, 0.1) is 11.5 Å². The minimum Gasteiger partial charge on any atom is -0.465 e. The first kappa shape index (κ1) is 23.2. The van der Waals surface area contributed by atoms with Crippen LogP contribution < -0.4 is 0 Å². The van der Waals surface area contributed by atoms with Crippen molar-refractivity contribution in [3.8, 4) is 22.1 Å². The Morgan fingerprint density at radius 3 is 2.65 bits per heavy atom. The fourth-order valence-corrected chi connectivity index (χ4v) is 4.23. The maximum absolute atomic E-state index is 13.3. The van der Waals surface area contributed by atoms with Crippen molar-refractivity contribution in [2.75, 3.05) is 12.9 Å². The summed E-state index contributed by atoms with van der Waals surface area (Å²) in [5, 5.41) is 2.90. The van der Waals surface area contributed by atoms with Gasteiger partial charge in [0.25, 0.3) is 0 Å². The lowest BCUT2D eigenvalue weighted by Crippen LogP contribution is -2.16. The molecular formula is C17H14ClF3N4O4S2. The van der Waals surface area contributed by atoms with E-state index in [2.05, 4.69) is 14.5 Å². The van der Waals surface area contributed by atoms with E-state index in [0.29, 0.717) is 5.56 Å². The van der Waals surface area contributed by atoms with Crippen LogP contribution >= 0.6 is 23.1 Å². The minimum absolute atomic E-state index is 0.0328. The van der Waals surface area contributed by atoms with Crippen LogP contribution in [0.4, 0.5) is 13.2 Å². The van der Waals surface area contributed by atoms with Gasteiger partial charge in [-0.25, -0.2) is 18.1 Å². The summed E-state index contributed by atoms with van der Waals surface area (Å²) in [6, 6.07) is 5.87. The number of hydrogen-bond donors (Lipinski definition) is 0. The second-order valence-corrected chi connectivity index (χ2v) is 9.34. The zero-order valence-electron chi connectivity index (χ0n) is 16.0. The van der Waals surface area contributed by atoms with Crippen molar-refractivity contribution in [3.63, 3.8) is 0 Å². The molecule has 31 heavy (non-hydrogen) atoms. The molecule has 0 radical (unpaired) electrons. The van der Waals surface area contributed by atoms with Crippen LogP contribution in [-0.2, 0) is 32.1 Å². The molecule has 166 valence electrons. The molecule has 3 rings (SSSR count). The van der Waals surface area contributed by atoms with Gasteiger partial charge < -0.3 is 4.74 Å². The van der Waals surface area contributed by atoms with E-state index in [4.69, 9.17) is 16.3 Å². The molecule has 0 amide bonds. The van der Waals surface area contributed by atoms with E-state index in [1.807, 2.05) is 0 Å². The monoisotopic (exact) mass is 494 g/mol. The van der Waals surface area contributed by atoms with Gasteiger partial charge in [0.15, 0.2) is 21.4 Å². The summed E-state index contributed by atoms with van der Waals surface area (Å²) in [5.74, 6) is -1.00. The van der Waals surface area contributed by atoms with Crippen LogP contribution in [0, 0.1) is 0 Å². The van der Waals surface area contributed by atoms with Crippen molar-refractivity contribution in [2.45, 2.75) is 24.5 Å². The van der Waals surface area contributed by atoms with Gasteiger partial charge in [0.2, 0.25) is 0 Å². The maximum Gasteiger partial charge on any atom is 0.436 e. The van der Waals surface area contributed by atoms with E-state index in [1.54, 1.807) is 13.0 Å². The molecule has 0 N–H and O–H groups in total. The molecule has 1 aromatic carbocycles. The van der Waals surface area contributed by atoms with Crippen molar-refractivity contribution < 1.29 is 31.1 Å². The molecule has 0 atom stereocenters. The second kappa shape index (κ2) is 8.55. The van der Waals surface area contributed by atoms with Crippen LogP contribution in [0.2, 0.25) is 5.02 Å². The third kappa shape index (κ3) is 5.05. The summed E-state index contributed by atoms with van der Waals surface area (Å²) < 4.78 is 73.0. The summed E-state index contributed by atoms with van der Waals surface area (Å²) >= 11 is 6.77. The Morgan fingerprint density at radius 2 is 2.03 bits per heavy atom. The number of ether oxygens (including phenoxy) is 1. The van der Waals surface area contributed by atoms with Crippen LogP contribution in [0.1, 0.15) is 12.6 Å². The third-order valence-electron chi connectivity index (χ3n) is 3.89. The van der Waals surface area contributed by atoms with Crippen LogP contribution in [0.3, 0.4) is 0 Å². The number of alkyl halides is 3. The zero-order valence-corrected chi connectivity index (χ0v) is 18.4. The SMILES string of the molecule is CCOC(=O)Cn1nc(C(F)(F)F)c(Cl)c1-c1nsc(-c2cccc(S(C)(=O)=O)c2)n1. The fraction of sp³-hybridized carbons (Fsp3) is 0.294. The van der Waals surface area contributed by atoms with Crippen molar-refractivity contribution in [1.82, 2.24) is 19.1 Å². The average Bonchev–Trinajstić information content (AvgIpc) is 3.25. The Kier molecular flexibility index (Phi) is 6.39. The Labute approximate surface area is 183 Å². The van der Waals surface area contributed by atoms with E-state index in [0.717, 1.165) is 22.5 Å². The first-order valence-electron chi connectivity index (χ1n) is 8.55. The summed E-state index contributed by atoms with van der Waals surface area (Å²) in [4.78, 5) is 16.1. The molecule has 0 aliphatic carbocycles. The van der Waals surface area contributed by atoms with E-state index in [-0.39, 0.29) is 28.0 Å². The molecule has 0 bridgehead atoms. The number of benzene rings is 1. The molecule has 0 saturated carbocycles. The van der Waals surface area contributed by atoms with Gasteiger partial charge in [-0.15, -0.1) is 0 Å². The molecule has 0 spiro atoms. The lowest BCUT2D eigenvalue weighted by Gasteiger charge is -2.05. The van der Waals surface area contributed by atoms with Crippen LogP contribution in [-0.4, -0.2) is 46.4 Å². The summed E-state index contributed by atoms with van der Waals surface area (Å²) in [6.07, 6.45) is -3.82. The summed E-state index contributed by atoms with van der Waals surface area (Å²) in [6.45, 7) is 0.955. The van der Waals surface area contributed by atoms with E-state index in [1.165, 1.54) is 18.2 Å². The number of rotatable bonds is 6. The van der Waals surface area contributed by atoms with Crippen LogP contribution in [0.15, 0.2) is 29.2 Å². The van der Waals surface area contributed by atoms with Gasteiger partial charge in [-0.3, -0.25) is 4.79 Å². The lowest BCUT2D eigenvalue weighted by molar-refractivity contribution is -0.145. The normalized spacial score (nSPS) is 12.2. The van der Waals surface area contributed by atoms with Crippen molar-refractivity contribution in [2.24, 2.45) is 0 Å². The smallest absolute Gasteiger partial charge is 0.436 e. The van der Waals surface area contributed by atoms with Gasteiger partial charge in [0.1, 0.15) is 22.3 Å². The predicted molar refractivity (Wildman–Crippen MR) is 106 cm³/mol. The molecule has 0 fully saturated rings. The van der Waals surface area contributed by atoms with Gasteiger partial charge in [-0.1, -0.05) is 23.7 Å². The number of halogens is 4. The highest BCUT2D eigenvalue weighted by Gasteiger charge is 2.40. The molecule has 0 aliphatic heterocycles. The van der Waals surface area contributed by atoms with Crippen LogP contribution in [0.5, 0.6) is 0 Å². The Morgan fingerprint density at radius 1 is 1.32 bits per heavy atom. The molecule has 2 aromatic heterocycles. The fourth-order valence-electron chi connectivity index (χ4n) is 2.57. The first-order valence-corrected chi connectivity index (χ1v) is 11.6. The average molecular weight is 495 g/mol. The third-order valence-corrected chi connectivity index (χ3v) is 6.13. The molecule has 0 saturated heterocycles. The number of nitrogens with zero attached hydrogens (tertiary/aromatic N) is 4. The number of esters is 1. The van der Waals surface area contributed by atoms with Gasteiger partial charge in [0, 0.05) is 11.8 Å². The quantitative estimate of drug-likeness (QED) is 0.481. The lowest BCUT2D eigenvalue weighted by atomic mass is 10.2. The Bertz CT molecular complexity index is 1240. The Balaban J connectivity index is 2.08. The van der Waals surface area contributed by atoms with Crippen molar-refractivity contribution >= 4 is 38.9 Å². The number of sulfone groups is 1. The molecule has 8 nitrogen and oxygen atoms in total. The highest BCUT2D eigenvalue weighted by molar-refractivity contribution is 7.90. The zero-order chi connectivity index (χ0) is 23.0. The standard InChI is InChI=1S/C17H14ClF3N4O4S2/c1-3-29-11(26)8-25-13(12(18)14(23-25)17(19,20)21)15-22-16(30-24-15)9-5-4-6-10(7-9)31(2,27)28/h4-7H,3,8H2,1-2H3. The molecule has 0 unspecified atom stereocenters. The summed E-state index contributed by atoms with van der Waals surface area (Å²) in [7, 11) is -3.48. The molecule has 2 heterocycles. The number of hydrogen-bond acceptors (Lipinski definition) is 8. The van der Waals surface area contributed by atoms with E-state index >= 15 is 0 Å². The highest BCUT2D eigenvalue weighted by Crippen LogP contribution is 2.39. The number of carbonyl (C=O) groups is 1. The topological polar surface area (TPSA) is 104 Å². The molecule has 14 heteroatoms. The van der Waals surface area contributed by atoms with Crippen LogP contribution in [0.25, 0.3) is 22.1 Å². The number of carbonyl (C=O) groups excluding carboxylic acids is 1. The largest absolute Gasteiger partial charge is 0.465 e. The van der Waals surface area contributed by atoms with Crippen molar-refractivity contribution in [3.05, 3.63) is 35.0 Å². The van der Waals surface area contributed by atoms with Gasteiger partial charge in [-0.2, -0.15) is 22.6 Å². The Hall–Kier alpha value is -2.51. The minimum atomic E-state index is -4.87. The van der Waals surface area contributed by atoms with E-state index < -0.39 is 39.2 Å². The van der Waals surface area contributed by atoms with Gasteiger partial charge in [-0.05, 0) is 30.6 Å². The summed E-state index contributed by atoms with van der Waals surface area (Å²) in [5.41, 5.74) is -1.29. The molecule has 3 aromatic rings. The maximum atomic E-state index is 13.3. The molecular weight excluding hydrogens is 481 g/mol.